The van der Waals surface area contributed by atoms with Gasteiger partial charge in [0, 0.05) is 24.7 Å². The maximum atomic E-state index is 12.2. The van der Waals surface area contributed by atoms with Crippen LogP contribution in [-0.2, 0) is 0 Å². The highest BCUT2D eigenvalue weighted by molar-refractivity contribution is 5.91. The van der Waals surface area contributed by atoms with E-state index in [9.17, 15) is 4.79 Å². The number of anilines is 1. The minimum Gasteiger partial charge on any atom is -0.497 e. The minimum absolute atomic E-state index is 0.238. The summed E-state index contributed by atoms with van der Waals surface area (Å²) in [5.74, 6) is 1.27. The third kappa shape index (κ3) is 4.77. The molecule has 1 aromatic carbocycles. The molecular weight excluding hydrogens is 306 g/mol. The Bertz CT molecular complexity index is 550. The lowest BCUT2D eigenvalue weighted by molar-refractivity contribution is 0.114. The van der Waals surface area contributed by atoms with Crippen LogP contribution in [0.2, 0.25) is 0 Å². The van der Waals surface area contributed by atoms with E-state index in [1.54, 1.807) is 32.4 Å². The maximum absolute atomic E-state index is 12.2. The van der Waals surface area contributed by atoms with E-state index in [1.165, 1.54) is 19.3 Å². The average molecular weight is 335 g/mol. The Kier molecular flexibility index (Phi) is 6.73. The van der Waals surface area contributed by atoms with Crippen molar-refractivity contribution in [1.82, 2.24) is 10.2 Å². The number of hydrogen-bond donors (Lipinski definition) is 2. The highest BCUT2D eigenvalue weighted by atomic mass is 16.5. The van der Waals surface area contributed by atoms with Crippen LogP contribution in [0.15, 0.2) is 18.2 Å². The number of amides is 2. The molecule has 0 saturated carbocycles. The summed E-state index contributed by atoms with van der Waals surface area (Å²) in [6, 6.07) is 5.97. The normalized spacial score (nSPS) is 19.4. The van der Waals surface area contributed by atoms with Gasteiger partial charge in [-0.25, -0.2) is 4.79 Å². The number of carbonyl (C=O) groups is 1. The van der Waals surface area contributed by atoms with Crippen LogP contribution in [0.1, 0.15) is 33.1 Å². The van der Waals surface area contributed by atoms with Gasteiger partial charge in [0.2, 0.25) is 0 Å². The second-order valence-electron chi connectivity index (χ2n) is 6.33. The van der Waals surface area contributed by atoms with E-state index in [2.05, 4.69) is 29.4 Å². The highest BCUT2D eigenvalue weighted by Crippen LogP contribution is 2.28. The van der Waals surface area contributed by atoms with Crippen molar-refractivity contribution in [3.8, 4) is 11.5 Å². The number of urea groups is 1. The van der Waals surface area contributed by atoms with Gasteiger partial charge < -0.3 is 20.1 Å². The van der Waals surface area contributed by atoms with E-state index in [-0.39, 0.29) is 6.03 Å². The first-order valence-electron chi connectivity index (χ1n) is 8.57. The molecule has 6 heteroatoms. The smallest absolute Gasteiger partial charge is 0.319 e. The Morgan fingerprint density at radius 3 is 2.79 bits per heavy atom. The number of nitrogens with one attached hydrogen (secondary N) is 2. The van der Waals surface area contributed by atoms with Gasteiger partial charge in [0.05, 0.1) is 19.9 Å². The fraction of sp³-hybridized carbons (Fsp3) is 0.611. The van der Waals surface area contributed by atoms with Gasteiger partial charge in [-0.3, -0.25) is 4.90 Å². The van der Waals surface area contributed by atoms with Crippen molar-refractivity contribution >= 4 is 11.7 Å². The molecule has 0 aromatic heterocycles. The van der Waals surface area contributed by atoms with E-state index in [0.717, 1.165) is 6.54 Å². The average Bonchev–Trinajstić information content (AvgIpc) is 2.60. The zero-order chi connectivity index (χ0) is 17.5. The summed E-state index contributed by atoms with van der Waals surface area (Å²) in [7, 11) is 3.16. The van der Waals surface area contributed by atoms with Crippen molar-refractivity contribution in [2.45, 2.75) is 45.2 Å². The lowest BCUT2D eigenvalue weighted by atomic mass is 10.0. The molecule has 2 rings (SSSR count). The number of ether oxygens (including phenoxy) is 2. The molecule has 1 aliphatic rings. The minimum atomic E-state index is -0.238. The second-order valence-corrected chi connectivity index (χ2v) is 6.33. The Morgan fingerprint density at radius 1 is 1.33 bits per heavy atom. The molecule has 0 unspecified atom stereocenters. The summed E-state index contributed by atoms with van der Waals surface area (Å²) in [5, 5.41) is 5.78. The van der Waals surface area contributed by atoms with Crippen molar-refractivity contribution in [2.75, 3.05) is 32.6 Å². The fourth-order valence-corrected chi connectivity index (χ4v) is 3.21. The number of carbonyl (C=O) groups excluding carboxylic acids is 1. The fourth-order valence-electron chi connectivity index (χ4n) is 3.21. The summed E-state index contributed by atoms with van der Waals surface area (Å²) in [5.41, 5.74) is 0.591. The lowest BCUT2D eigenvalue weighted by Crippen LogP contribution is -2.49. The van der Waals surface area contributed by atoms with Crippen molar-refractivity contribution in [3.63, 3.8) is 0 Å². The second kappa shape index (κ2) is 8.78. The lowest BCUT2D eigenvalue weighted by Gasteiger charge is -2.38. The summed E-state index contributed by atoms with van der Waals surface area (Å²) >= 11 is 0. The molecule has 0 spiro atoms. The molecule has 0 radical (unpaired) electrons. The number of methoxy groups -OCH3 is 2. The molecule has 2 N–H and O–H groups in total. The first-order chi connectivity index (χ1) is 11.5. The van der Waals surface area contributed by atoms with Gasteiger partial charge in [0.15, 0.2) is 0 Å². The molecule has 1 aromatic rings. The largest absolute Gasteiger partial charge is 0.497 e. The van der Waals surface area contributed by atoms with Gasteiger partial charge in [0.1, 0.15) is 11.5 Å². The van der Waals surface area contributed by atoms with Gasteiger partial charge in [-0.15, -0.1) is 0 Å². The van der Waals surface area contributed by atoms with Crippen LogP contribution in [0.3, 0.4) is 0 Å². The number of piperidine rings is 1. The van der Waals surface area contributed by atoms with Crippen LogP contribution < -0.4 is 20.1 Å². The number of rotatable bonds is 6. The molecule has 134 valence electrons. The standard InChI is InChI=1S/C18H29N3O3/c1-13-7-5-6-10-21(13)14(2)12-19-18(22)20-16-11-15(23-3)8-9-17(16)24-4/h8-9,11,13-14H,5-7,10,12H2,1-4H3,(H2,19,20,22)/t13-,14+/m0/s1. The first kappa shape index (κ1) is 18.4. The molecule has 0 aliphatic carbocycles. The van der Waals surface area contributed by atoms with Crippen LogP contribution in [0, 0.1) is 0 Å². The Hall–Kier alpha value is -1.95. The molecule has 1 saturated heterocycles. The molecule has 0 bridgehead atoms. The van der Waals surface area contributed by atoms with Crippen molar-refractivity contribution < 1.29 is 14.3 Å². The Morgan fingerprint density at radius 2 is 2.12 bits per heavy atom. The molecule has 6 nitrogen and oxygen atoms in total. The first-order valence-corrected chi connectivity index (χ1v) is 8.57. The maximum Gasteiger partial charge on any atom is 0.319 e. The zero-order valence-electron chi connectivity index (χ0n) is 15.1. The van der Waals surface area contributed by atoms with Crippen molar-refractivity contribution in [1.29, 1.82) is 0 Å². The van der Waals surface area contributed by atoms with Crippen molar-refractivity contribution in [3.05, 3.63) is 18.2 Å². The predicted molar refractivity (Wildman–Crippen MR) is 96.0 cm³/mol. The van der Waals surface area contributed by atoms with Gasteiger partial charge in [-0.1, -0.05) is 6.42 Å². The van der Waals surface area contributed by atoms with E-state index < -0.39 is 0 Å². The summed E-state index contributed by atoms with van der Waals surface area (Å²) in [4.78, 5) is 14.7. The topological polar surface area (TPSA) is 62.8 Å². The van der Waals surface area contributed by atoms with Gasteiger partial charge >= 0.3 is 6.03 Å². The van der Waals surface area contributed by atoms with Crippen LogP contribution in [-0.4, -0.2) is 50.3 Å². The van der Waals surface area contributed by atoms with Crippen LogP contribution in [0.5, 0.6) is 11.5 Å². The van der Waals surface area contributed by atoms with Crippen molar-refractivity contribution in [2.24, 2.45) is 0 Å². The summed E-state index contributed by atoms with van der Waals surface area (Å²) in [6.07, 6.45) is 3.77. The van der Waals surface area contributed by atoms with E-state index in [1.807, 2.05) is 0 Å². The van der Waals surface area contributed by atoms with E-state index >= 15 is 0 Å². The van der Waals surface area contributed by atoms with Crippen LogP contribution >= 0.6 is 0 Å². The monoisotopic (exact) mass is 335 g/mol. The molecule has 1 heterocycles. The van der Waals surface area contributed by atoms with E-state index in [4.69, 9.17) is 9.47 Å². The third-order valence-electron chi connectivity index (χ3n) is 4.63. The van der Waals surface area contributed by atoms with Gasteiger partial charge in [0.25, 0.3) is 0 Å². The quantitative estimate of drug-likeness (QED) is 0.838. The third-order valence-corrected chi connectivity index (χ3v) is 4.63. The van der Waals surface area contributed by atoms with E-state index in [0.29, 0.717) is 35.8 Å². The molecule has 24 heavy (non-hydrogen) atoms. The molecular formula is C18H29N3O3. The molecule has 2 atom stereocenters. The SMILES string of the molecule is COc1ccc(OC)c(NC(=O)NC[C@@H](C)N2CCCC[C@@H]2C)c1. The molecule has 1 fully saturated rings. The summed E-state index contributed by atoms with van der Waals surface area (Å²) in [6.45, 7) is 6.14. The number of hydrogen-bond acceptors (Lipinski definition) is 4. The van der Waals surface area contributed by atoms with Gasteiger partial charge in [-0.2, -0.15) is 0 Å². The summed E-state index contributed by atoms with van der Waals surface area (Å²) < 4.78 is 10.5. The van der Waals surface area contributed by atoms with Crippen LogP contribution in [0.4, 0.5) is 10.5 Å². The van der Waals surface area contributed by atoms with Crippen LogP contribution in [0.25, 0.3) is 0 Å². The Balaban J connectivity index is 1.89. The Labute approximate surface area is 144 Å². The highest BCUT2D eigenvalue weighted by Gasteiger charge is 2.23. The molecule has 2 amide bonds. The number of nitrogens with zero attached hydrogens (tertiary/aromatic N) is 1. The molecule has 1 aliphatic heterocycles. The van der Waals surface area contributed by atoms with Gasteiger partial charge in [-0.05, 0) is 45.4 Å². The number of benzene rings is 1. The number of likely N-dealkylation sites (tertiary alicyclic amines) is 1. The predicted octanol–water partition coefficient (Wildman–Crippen LogP) is 3.09. The zero-order valence-corrected chi connectivity index (χ0v) is 15.1.